The highest BCUT2D eigenvalue weighted by atomic mass is 32.2. The number of nitrogens with one attached hydrogen (secondary N) is 3. The Labute approximate surface area is 438 Å². The molecule has 0 bridgehead atoms. The molecule has 2 aromatic heterocycles. The van der Waals surface area contributed by atoms with Gasteiger partial charge in [0.05, 0.1) is 58.0 Å². The highest BCUT2D eigenvalue weighted by Gasteiger charge is 2.37. The van der Waals surface area contributed by atoms with Gasteiger partial charge in [-0.1, -0.05) is 105 Å². The van der Waals surface area contributed by atoms with Crippen LogP contribution in [0.1, 0.15) is 57.1 Å². The molecule has 0 fully saturated rings. The van der Waals surface area contributed by atoms with E-state index in [9.17, 15) is 27.6 Å². The van der Waals surface area contributed by atoms with Crippen molar-refractivity contribution in [3.8, 4) is 23.0 Å². The molecule has 398 valence electrons. The number of nitrogens with zero attached hydrogens (tertiary/aromatic N) is 2. The highest BCUT2D eigenvalue weighted by Crippen LogP contribution is 2.45. The molecule has 0 aliphatic carbocycles. The molecule has 8 rings (SSSR count). The Balaban J connectivity index is 1.11. The molecule has 2 atom stereocenters. The smallest absolute Gasteiger partial charge is 0.419 e. The third kappa shape index (κ3) is 12.3. The number of carbonyl (C=O) groups excluding carboxylic acids is 5. The van der Waals surface area contributed by atoms with E-state index >= 15 is 4.79 Å². The Morgan fingerprint density at radius 1 is 0.750 bits per heavy atom. The van der Waals surface area contributed by atoms with Crippen LogP contribution in [0.3, 0.4) is 0 Å². The molecular weight excluding hydrogens is 1000 g/mol. The number of aromatic nitrogens is 2. The van der Waals surface area contributed by atoms with Crippen molar-refractivity contribution >= 4 is 67.6 Å². The summed E-state index contributed by atoms with van der Waals surface area (Å²) >= 11 is 0. The van der Waals surface area contributed by atoms with Gasteiger partial charge >= 0.3 is 18.2 Å². The van der Waals surface area contributed by atoms with Gasteiger partial charge in [0.2, 0.25) is 11.7 Å². The minimum absolute atomic E-state index is 0.00237. The first-order valence-electron chi connectivity index (χ1n) is 24.1. The van der Waals surface area contributed by atoms with Gasteiger partial charge in [-0.25, -0.2) is 19.0 Å². The number of anilines is 1. The van der Waals surface area contributed by atoms with Crippen LogP contribution in [0, 0.1) is 5.92 Å². The van der Waals surface area contributed by atoms with E-state index in [-0.39, 0.29) is 103 Å². The number of ether oxygens (including phenoxy) is 7. The standard InChI is InChI=1S/C55H57N5O15S/c1-33(2)46(58-54(64)73-31-35-18-12-8-13-19-35)51(61)56-22-23-71-49-45(68-3)25-37-24-41(57-47(37)50(49)69-4)52(62)59-29-38(75-76(6,66)67)26-39-40-27-43(53(63)70-5)60(55(65)74-32-36-20-14-9-15-21-36)48(40)44(28-42(39)59)72-30-34-16-10-7-11-17-34/h7-21,24-25,27-28,33,38,46,57H,22-23,26,29-32H2,1-6H3,(H,56,61)(H,58,64)/t38-,46-/m0/s1. The molecule has 0 unspecified atom stereocenters. The van der Waals surface area contributed by atoms with Crippen LogP contribution in [0.25, 0.3) is 21.8 Å². The van der Waals surface area contributed by atoms with Crippen LogP contribution in [-0.2, 0) is 59.5 Å². The van der Waals surface area contributed by atoms with Crippen LogP contribution in [0.15, 0.2) is 115 Å². The number of benzene rings is 5. The van der Waals surface area contributed by atoms with Gasteiger partial charge in [0, 0.05) is 23.3 Å². The molecule has 3 heterocycles. The summed E-state index contributed by atoms with van der Waals surface area (Å²) in [6.07, 6.45) is -2.00. The maximum atomic E-state index is 15.1. The summed E-state index contributed by atoms with van der Waals surface area (Å²) in [5.41, 5.74) is 3.12. The summed E-state index contributed by atoms with van der Waals surface area (Å²) in [5.74, 6) is -1.63. The third-order valence-electron chi connectivity index (χ3n) is 12.3. The first-order valence-corrected chi connectivity index (χ1v) is 25.9. The van der Waals surface area contributed by atoms with E-state index in [1.165, 1.54) is 25.2 Å². The summed E-state index contributed by atoms with van der Waals surface area (Å²) in [7, 11) is -0.106. The molecule has 20 nitrogen and oxygen atoms in total. The molecule has 21 heteroatoms. The van der Waals surface area contributed by atoms with Gasteiger partial charge in [-0.15, -0.1) is 0 Å². The summed E-state index contributed by atoms with van der Waals surface area (Å²) in [4.78, 5) is 73.4. The van der Waals surface area contributed by atoms with Crippen molar-refractivity contribution in [1.29, 1.82) is 0 Å². The number of alkyl carbamates (subject to hydrolysis) is 1. The fourth-order valence-electron chi connectivity index (χ4n) is 8.84. The second-order valence-corrected chi connectivity index (χ2v) is 19.6. The van der Waals surface area contributed by atoms with Gasteiger partial charge in [-0.3, -0.25) is 13.8 Å². The minimum Gasteiger partial charge on any atom is -0.493 e. The number of fused-ring (bicyclic) bond motifs is 4. The predicted octanol–water partition coefficient (Wildman–Crippen LogP) is 7.68. The Bertz CT molecular complexity index is 3360. The van der Waals surface area contributed by atoms with Gasteiger partial charge in [0.15, 0.2) is 11.5 Å². The zero-order chi connectivity index (χ0) is 54.1. The quantitative estimate of drug-likeness (QED) is 0.0287. The van der Waals surface area contributed by atoms with Gasteiger partial charge < -0.3 is 53.7 Å². The molecule has 0 spiro atoms. The van der Waals surface area contributed by atoms with Crippen molar-refractivity contribution in [3.63, 3.8) is 0 Å². The van der Waals surface area contributed by atoms with E-state index in [1.807, 2.05) is 66.7 Å². The predicted molar refractivity (Wildman–Crippen MR) is 279 cm³/mol. The van der Waals surface area contributed by atoms with Crippen molar-refractivity contribution in [2.45, 2.75) is 52.2 Å². The minimum atomic E-state index is -4.10. The first-order chi connectivity index (χ1) is 36.6. The lowest BCUT2D eigenvalue weighted by molar-refractivity contribution is -0.124. The largest absolute Gasteiger partial charge is 0.493 e. The number of hydrogen-bond acceptors (Lipinski definition) is 15. The number of hydrogen-bond donors (Lipinski definition) is 3. The van der Waals surface area contributed by atoms with Crippen molar-refractivity contribution in [2.24, 2.45) is 5.92 Å². The first kappa shape index (κ1) is 53.7. The monoisotopic (exact) mass is 1060 g/mol. The van der Waals surface area contributed by atoms with Crippen LogP contribution >= 0.6 is 0 Å². The van der Waals surface area contributed by atoms with E-state index in [2.05, 4.69) is 15.6 Å². The number of rotatable bonds is 20. The Kier molecular flexibility index (Phi) is 16.8. The van der Waals surface area contributed by atoms with Crippen LogP contribution in [-0.4, -0.2) is 107 Å². The molecule has 0 saturated carbocycles. The van der Waals surface area contributed by atoms with Crippen molar-refractivity contribution < 1.29 is 69.7 Å². The van der Waals surface area contributed by atoms with Crippen molar-refractivity contribution in [2.75, 3.05) is 52.2 Å². The molecule has 0 saturated heterocycles. The van der Waals surface area contributed by atoms with Gasteiger partial charge in [0.25, 0.3) is 16.0 Å². The number of amides is 3. The maximum Gasteiger partial charge on any atom is 0.419 e. The van der Waals surface area contributed by atoms with E-state index in [0.29, 0.717) is 22.0 Å². The van der Waals surface area contributed by atoms with E-state index < -0.39 is 52.2 Å². The van der Waals surface area contributed by atoms with Crippen LogP contribution in [0.2, 0.25) is 0 Å². The zero-order valence-corrected chi connectivity index (χ0v) is 43.4. The second-order valence-electron chi connectivity index (χ2n) is 18.0. The highest BCUT2D eigenvalue weighted by molar-refractivity contribution is 7.86. The number of carbonyl (C=O) groups is 5. The number of H-pyrrole nitrogens is 1. The summed E-state index contributed by atoms with van der Waals surface area (Å²) in [6.45, 7) is 3.15. The third-order valence-corrected chi connectivity index (χ3v) is 13.0. The molecule has 1 aliphatic rings. The topological polar surface area (TPSA) is 241 Å². The number of aromatic amines is 1. The second kappa shape index (κ2) is 23.8. The average Bonchev–Trinajstić information content (AvgIpc) is 4.19. The summed E-state index contributed by atoms with van der Waals surface area (Å²) < 4.78 is 72.6. The molecule has 7 aromatic rings. The van der Waals surface area contributed by atoms with Gasteiger partial charge in [0.1, 0.15) is 55.1 Å². The van der Waals surface area contributed by atoms with Gasteiger partial charge in [-0.05, 0) is 46.4 Å². The maximum absolute atomic E-state index is 15.1. The van der Waals surface area contributed by atoms with Crippen LogP contribution < -0.4 is 34.5 Å². The van der Waals surface area contributed by atoms with E-state index in [4.69, 9.17) is 37.3 Å². The van der Waals surface area contributed by atoms with Crippen LogP contribution in [0.5, 0.6) is 23.0 Å². The molecule has 1 aliphatic heterocycles. The molecular formula is C55H57N5O15S. The van der Waals surface area contributed by atoms with Crippen molar-refractivity contribution in [3.05, 3.63) is 149 Å². The lowest BCUT2D eigenvalue weighted by Gasteiger charge is -2.34. The Morgan fingerprint density at radius 2 is 1.38 bits per heavy atom. The van der Waals surface area contributed by atoms with E-state index in [0.717, 1.165) is 29.1 Å². The summed E-state index contributed by atoms with van der Waals surface area (Å²) in [6, 6.07) is 32.6. The zero-order valence-electron chi connectivity index (χ0n) is 42.6. The van der Waals surface area contributed by atoms with Crippen molar-refractivity contribution in [1.82, 2.24) is 20.2 Å². The SMILES string of the molecule is COC(=O)c1cc2c3c(cc(OCc4ccccc4)c2n1C(=O)OCc1ccccc1)N(C(=O)c1cc2cc(OC)c(OCCNC(=O)[C@@H](NC(=O)OCc4ccccc4)C(C)C)c(OC)c2[nH]1)C[C@@H](OS(C)(=O)=O)C3. The number of methoxy groups -OCH3 is 3. The summed E-state index contributed by atoms with van der Waals surface area (Å²) in [5, 5.41) is 6.16. The Morgan fingerprint density at radius 3 is 1.97 bits per heavy atom. The molecule has 5 aromatic carbocycles. The fraction of sp³-hybridized carbons (Fsp3) is 0.291. The molecule has 3 amide bonds. The molecule has 0 radical (unpaired) electrons. The van der Waals surface area contributed by atoms with Crippen LogP contribution in [0.4, 0.5) is 15.3 Å². The normalized spacial score (nSPS) is 13.6. The Hall–Kier alpha value is -8.56. The van der Waals surface area contributed by atoms with E-state index in [1.54, 1.807) is 56.3 Å². The average molecular weight is 1060 g/mol. The lowest BCUT2D eigenvalue weighted by atomic mass is 9.95. The lowest BCUT2D eigenvalue weighted by Crippen LogP contribution is -2.50. The van der Waals surface area contributed by atoms with Gasteiger partial charge in [-0.2, -0.15) is 8.42 Å². The number of esters is 1. The molecule has 76 heavy (non-hydrogen) atoms. The molecule has 3 N–H and O–H groups in total. The fourth-order valence-corrected chi connectivity index (χ4v) is 9.46.